The van der Waals surface area contributed by atoms with E-state index in [1.165, 1.54) is 0 Å². The number of benzene rings is 1. The van der Waals surface area contributed by atoms with Crippen molar-refractivity contribution in [3.05, 3.63) is 34.1 Å². The van der Waals surface area contributed by atoms with E-state index in [4.69, 9.17) is 10.4 Å². The molecular weight excluding hydrogens is 300 g/mol. The molecule has 0 saturated carbocycles. The van der Waals surface area contributed by atoms with Crippen LogP contribution in [0.2, 0.25) is 0 Å². The molecule has 88 valence electrons. The van der Waals surface area contributed by atoms with E-state index < -0.39 is 5.97 Å². The number of imidazole rings is 2. The minimum absolute atomic E-state index is 0.0486. The second kappa shape index (κ2) is 3.58. The molecule has 2 aromatic heterocycles. The summed E-state index contributed by atoms with van der Waals surface area (Å²) < 4.78 is 2.03. The lowest BCUT2D eigenvalue weighted by atomic mass is 10.2. The van der Waals surface area contributed by atoms with Gasteiger partial charge in [-0.1, -0.05) is 0 Å². The first-order valence-electron chi connectivity index (χ1n) is 4.95. The van der Waals surface area contributed by atoms with Crippen LogP contribution in [0, 0.1) is 11.3 Å². The van der Waals surface area contributed by atoms with Crippen molar-refractivity contribution < 1.29 is 9.90 Å². The van der Waals surface area contributed by atoms with E-state index in [9.17, 15) is 4.79 Å². The summed E-state index contributed by atoms with van der Waals surface area (Å²) >= 11 is 3.22. The van der Waals surface area contributed by atoms with Crippen LogP contribution in [-0.4, -0.2) is 25.4 Å². The van der Waals surface area contributed by atoms with Gasteiger partial charge < -0.3 is 10.1 Å². The van der Waals surface area contributed by atoms with Gasteiger partial charge in [0.05, 0.1) is 22.7 Å². The van der Waals surface area contributed by atoms with Crippen LogP contribution in [-0.2, 0) is 0 Å². The minimum atomic E-state index is -1.10. The number of rotatable bonds is 1. The Hall–Kier alpha value is -2.33. The van der Waals surface area contributed by atoms with Crippen molar-refractivity contribution in [2.45, 2.75) is 0 Å². The van der Waals surface area contributed by atoms with Gasteiger partial charge in [0.15, 0.2) is 5.69 Å². The normalized spacial score (nSPS) is 10.9. The quantitative estimate of drug-likeness (QED) is 0.720. The molecule has 0 fully saturated rings. The molecule has 0 aliphatic rings. The monoisotopic (exact) mass is 304 g/mol. The molecule has 18 heavy (non-hydrogen) atoms. The Morgan fingerprint density at radius 1 is 1.56 bits per heavy atom. The molecule has 0 atom stereocenters. The molecule has 0 bridgehead atoms. The van der Waals surface area contributed by atoms with Crippen molar-refractivity contribution in [2.24, 2.45) is 0 Å². The van der Waals surface area contributed by atoms with Crippen molar-refractivity contribution in [1.82, 2.24) is 14.4 Å². The molecule has 3 aromatic rings. The molecule has 0 amide bonds. The highest BCUT2D eigenvalue weighted by Crippen LogP contribution is 2.25. The maximum absolute atomic E-state index is 11.0. The van der Waals surface area contributed by atoms with Crippen molar-refractivity contribution in [3.8, 4) is 6.07 Å². The smallest absolute Gasteiger partial charge is 0.357 e. The second-order valence-electron chi connectivity index (χ2n) is 3.68. The van der Waals surface area contributed by atoms with E-state index in [0.717, 1.165) is 11.0 Å². The van der Waals surface area contributed by atoms with Crippen LogP contribution >= 0.6 is 15.9 Å². The maximum atomic E-state index is 11.0. The van der Waals surface area contributed by atoms with E-state index in [2.05, 4.69) is 25.9 Å². The minimum Gasteiger partial charge on any atom is -0.476 e. The number of nitrogens with zero attached hydrogens (tertiary/aromatic N) is 3. The van der Waals surface area contributed by atoms with Gasteiger partial charge in [0.25, 0.3) is 0 Å². The third-order valence-corrected chi connectivity index (χ3v) is 3.37. The predicted octanol–water partition coefficient (Wildman–Crippen LogP) is 2.15. The molecule has 0 radical (unpaired) electrons. The van der Waals surface area contributed by atoms with Crippen molar-refractivity contribution in [1.29, 1.82) is 5.26 Å². The number of aromatic amines is 1. The number of H-pyrrole nitrogens is 1. The van der Waals surface area contributed by atoms with E-state index in [1.807, 2.05) is 6.07 Å². The number of fused-ring (bicyclic) bond motifs is 3. The summed E-state index contributed by atoms with van der Waals surface area (Å²) in [4.78, 5) is 17.9. The lowest BCUT2D eigenvalue weighted by molar-refractivity contribution is 0.0690. The fourth-order valence-electron chi connectivity index (χ4n) is 1.86. The summed E-state index contributed by atoms with van der Waals surface area (Å²) in [5, 5.41) is 17.8. The van der Waals surface area contributed by atoms with Gasteiger partial charge >= 0.3 is 5.97 Å². The van der Waals surface area contributed by atoms with Crippen molar-refractivity contribution >= 4 is 38.7 Å². The number of carboxylic acids is 1. The van der Waals surface area contributed by atoms with Crippen LogP contribution in [0.15, 0.2) is 22.8 Å². The van der Waals surface area contributed by atoms with Gasteiger partial charge in [0.2, 0.25) is 5.78 Å². The molecule has 7 heteroatoms. The zero-order valence-corrected chi connectivity index (χ0v) is 10.4. The van der Waals surface area contributed by atoms with Gasteiger partial charge in [-0.05, 0) is 34.1 Å². The molecule has 0 aliphatic carbocycles. The zero-order valence-electron chi connectivity index (χ0n) is 8.81. The number of hydrogen-bond donors (Lipinski definition) is 2. The molecule has 0 aliphatic heterocycles. The summed E-state index contributed by atoms with van der Waals surface area (Å²) in [6.07, 6.45) is 0. The molecule has 3 rings (SSSR count). The van der Waals surface area contributed by atoms with Gasteiger partial charge in [-0.2, -0.15) is 5.26 Å². The Bertz CT molecular complexity index is 840. The first kappa shape index (κ1) is 10.8. The summed E-state index contributed by atoms with van der Waals surface area (Å²) in [6, 6.07) is 7.15. The number of nitrogens with one attached hydrogen (secondary N) is 1. The van der Waals surface area contributed by atoms with Crippen LogP contribution in [0.25, 0.3) is 16.8 Å². The number of carbonyl (C=O) groups is 1. The standard InChI is InChI=1S/C11H5BrN4O2/c12-9-8(10(17)18)15-11-14-6-3-5(4-13)1-2-7(6)16(9)11/h1-3H,(H,14,15)(H,17,18). The van der Waals surface area contributed by atoms with Crippen molar-refractivity contribution in [2.75, 3.05) is 0 Å². The SMILES string of the molecule is N#Cc1ccc2c(c1)[nH]c1nc(C(=O)O)c(Br)n12. The largest absolute Gasteiger partial charge is 0.476 e. The second-order valence-corrected chi connectivity index (χ2v) is 4.44. The summed E-state index contributed by atoms with van der Waals surface area (Å²) in [5.41, 5.74) is 1.97. The van der Waals surface area contributed by atoms with Gasteiger partial charge in [-0.15, -0.1) is 0 Å². The third-order valence-electron chi connectivity index (χ3n) is 2.64. The Morgan fingerprint density at radius 2 is 2.33 bits per heavy atom. The third kappa shape index (κ3) is 1.33. The van der Waals surface area contributed by atoms with Crippen LogP contribution in [0.4, 0.5) is 0 Å². The Morgan fingerprint density at radius 3 is 3.00 bits per heavy atom. The average molecular weight is 305 g/mol. The number of nitriles is 1. The zero-order chi connectivity index (χ0) is 12.9. The molecule has 6 nitrogen and oxygen atoms in total. The average Bonchev–Trinajstić information content (AvgIpc) is 2.85. The Kier molecular flexibility index (Phi) is 2.15. The molecular formula is C11H5BrN4O2. The lowest BCUT2D eigenvalue weighted by Crippen LogP contribution is -1.97. The van der Waals surface area contributed by atoms with E-state index in [1.54, 1.807) is 22.6 Å². The molecule has 1 aromatic carbocycles. The van der Waals surface area contributed by atoms with Gasteiger partial charge in [0, 0.05) is 0 Å². The number of carboxylic acid groups (broad SMARTS) is 1. The van der Waals surface area contributed by atoms with E-state index >= 15 is 0 Å². The highest BCUT2D eigenvalue weighted by molar-refractivity contribution is 9.10. The van der Waals surface area contributed by atoms with Crippen LogP contribution in [0.5, 0.6) is 0 Å². The van der Waals surface area contributed by atoms with Crippen LogP contribution in [0.1, 0.15) is 16.1 Å². The van der Waals surface area contributed by atoms with Crippen LogP contribution < -0.4 is 0 Å². The fraction of sp³-hybridized carbons (Fsp3) is 0. The molecule has 0 saturated heterocycles. The Labute approximate surface area is 109 Å². The topological polar surface area (TPSA) is 94.2 Å². The first-order chi connectivity index (χ1) is 8.61. The van der Waals surface area contributed by atoms with Crippen molar-refractivity contribution in [3.63, 3.8) is 0 Å². The lowest BCUT2D eigenvalue weighted by Gasteiger charge is -1.94. The van der Waals surface area contributed by atoms with Gasteiger partial charge in [-0.3, -0.25) is 4.40 Å². The number of aromatic nitrogens is 3. The summed E-state index contributed by atoms with van der Waals surface area (Å²) in [7, 11) is 0. The van der Waals surface area contributed by atoms with E-state index in [0.29, 0.717) is 15.9 Å². The molecule has 0 unspecified atom stereocenters. The first-order valence-corrected chi connectivity index (χ1v) is 5.74. The summed E-state index contributed by atoms with van der Waals surface area (Å²) in [5.74, 6) is -0.676. The number of halogens is 1. The molecule has 2 N–H and O–H groups in total. The summed E-state index contributed by atoms with van der Waals surface area (Å²) in [6.45, 7) is 0. The Balaban J connectivity index is 2.42. The highest BCUT2D eigenvalue weighted by atomic mass is 79.9. The van der Waals surface area contributed by atoms with Gasteiger partial charge in [-0.25, -0.2) is 9.78 Å². The number of aromatic carboxylic acids is 1. The fourth-order valence-corrected chi connectivity index (χ4v) is 2.48. The van der Waals surface area contributed by atoms with E-state index in [-0.39, 0.29) is 5.69 Å². The maximum Gasteiger partial charge on any atom is 0.357 e. The van der Waals surface area contributed by atoms with Gasteiger partial charge in [0.1, 0.15) is 4.60 Å². The van der Waals surface area contributed by atoms with Crippen LogP contribution in [0.3, 0.4) is 0 Å². The predicted molar refractivity (Wildman–Crippen MR) is 66.4 cm³/mol. The number of hydrogen-bond acceptors (Lipinski definition) is 3. The molecule has 0 spiro atoms. The molecule has 2 heterocycles. The highest BCUT2D eigenvalue weighted by Gasteiger charge is 2.19.